The van der Waals surface area contributed by atoms with Gasteiger partial charge in [0.05, 0.1) is 0 Å². The Labute approximate surface area is 107 Å². The van der Waals surface area contributed by atoms with Crippen molar-refractivity contribution in [2.45, 2.75) is 13.3 Å². The van der Waals surface area contributed by atoms with Crippen molar-refractivity contribution >= 4 is 0 Å². The van der Waals surface area contributed by atoms with Gasteiger partial charge in [0, 0.05) is 45.8 Å². The maximum absolute atomic E-state index is 5.77. The summed E-state index contributed by atoms with van der Waals surface area (Å²) >= 11 is 0. The number of hydrogen-bond acceptors (Lipinski definition) is 4. The van der Waals surface area contributed by atoms with E-state index in [1.165, 1.54) is 52.2 Å². The van der Waals surface area contributed by atoms with Gasteiger partial charge in [0.25, 0.3) is 0 Å². The molecule has 1 atom stereocenters. The van der Waals surface area contributed by atoms with Gasteiger partial charge in [-0.3, -0.25) is 4.90 Å². The predicted octanol–water partition coefficient (Wildman–Crippen LogP) is 0.151. The molecule has 17 heavy (non-hydrogen) atoms. The molecule has 0 aliphatic carbocycles. The Morgan fingerprint density at radius 2 is 1.71 bits per heavy atom. The highest BCUT2D eigenvalue weighted by Crippen LogP contribution is 2.07. The summed E-state index contributed by atoms with van der Waals surface area (Å²) < 4.78 is 0. The lowest BCUT2D eigenvalue weighted by Crippen LogP contribution is -2.49. The van der Waals surface area contributed by atoms with Crippen LogP contribution in [0.3, 0.4) is 0 Å². The van der Waals surface area contributed by atoms with Gasteiger partial charge in [-0.15, -0.1) is 0 Å². The van der Waals surface area contributed by atoms with E-state index in [4.69, 9.17) is 5.73 Å². The molecule has 0 amide bonds. The molecule has 1 unspecified atom stereocenters. The molecule has 0 radical (unpaired) electrons. The monoisotopic (exact) mass is 242 g/mol. The zero-order chi connectivity index (χ0) is 12.7. The van der Waals surface area contributed by atoms with Crippen LogP contribution >= 0.6 is 0 Å². The molecule has 2 N–H and O–H groups in total. The van der Waals surface area contributed by atoms with Crippen molar-refractivity contribution in [3.8, 4) is 0 Å². The fourth-order valence-electron chi connectivity index (χ4n) is 2.27. The summed E-state index contributed by atoms with van der Waals surface area (Å²) in [5.41, 5.74) is 5.77. The van der Waals surface area contributed by atoms with Gasteiger partial charge >= 0.3 is 0 Å². The summed E-state index contributed by atoms with van der Waals surface area (Å²) in [4.78, 5) is 7.40. The van der Waals surface area contributed by atoms with Crippen molar-refractivity contribution in [2.75, 3.05) is 66.5 Å². The summed E-state index contributed by atoms with van der Waals surface area (Å²) in [5.74, 6) is 0.684. The molecule has 1 heterocycles. The normalized spacial score (nSPS) is 21.0. The van der Waals surface area contributed by atoms with Gasteiger partial charge in [-0.2, -0.15) is 0 Å². The number of hydrogen-bond donors (Lipinski definition) is 1. The Balaban J connectivity index is 2.16. The molecule has 0 aromatic carbocycles. The lowest BCUT2D eigenvalue weighted by molar-refractivity contribution is 0.112. The fraction of sp³-hybridized carbons (Fsp3) is 1.00. The fourth-order valence-corrected chi connectivity index (χ4v) is 2.27. The predicted molar refractivity (Wildman–Crippen MR) is 74.3 cm³/mol. The quantitative estimate of drug-likeness (QED) is 0.689. The summed E-state index contributed by atoms with van der Waals surface area (Å²) in [6.07, 6.45) is 1.21. The van der Waals surface area contributed by atoms with Crippen LogP contribution in [0.2, 0.25) is 0 Å². The van der Waals surface area contributed by atoms with E-state index < -0.39 is 0 Å². The first kappa shape index (κ1) is 14.9. The third-order valence-corrected chi connectivity index (χ3v) is 3.76. The van der Waals surface area contributed by atoms with Gasteiger partial charge in [-0.25, -0.2) is 0 Å². The van der Waals surface area contributed by atoms with Crippen molar-refractivity contribution in [1.82, 2.24) is 14.7 Å². The number of piperazine rings is 1. The molecule has 1 aliphatic heterocycles. The summed E-state index contributed by atoms with van der Waals surface area (Å²) in [7, 11) is 4.28. The average molecular weight is 242 g/mol. The minimum atomic E-state index is 0.684. The van der Waals surface area contributed by atoms with Crippen LogP contribution in [0.5, 0.6) is 0 Å². The van der Waals surface area contributed by atoms with Crippen molar-refractivity contribution in [3.63, 3.8) is 0 Å². The van der Waals surface area contributed by atoms with Crippen molar-refractivity contribution in [3.05, 3.63) is 0 Å². The maximum atomic E-state index is 5.77. The van der Waals surface area contributed by atoms with Gasteiger partial charge in [-0.1, -0.05) is 13.3 Å². The standard InChI is InChI=1S/C13H30N4/c1-4-13(11-14)12-17-9-7-16(8-10-17)6-5-15(2)3/h13H,4-12,14H2,1-3H3. The van der Waals surface area contributed by atoms with Crippen LogP contribution in [0.4, 0.5) is 0 Å². The molecule has 1 aliphatic rings. The average Bonchev–Trinajstić information content (AvgIpc) is 2.34. The Morgan fingerprint density at radius 1 is 1.12 bits per heavy atom. The molecular formula is C13H30N4. The second kappa shape index (κ2) is 8.03. The zero-order valence-corrected chi connectivity index (χ0v) is 11.9. The van der Waals surface area contributed by atoms with Gasteiger partial charge in [0.1, 0.15) is 0 Å². The Bertz CT molecular complexity index is 184. The van der Waals surface area contributed by atoms with E-state index in [1.807, 2.05) is 0 Å². The number of nitrogens with zero attached hydrogens (tertiary/aromatic N) is 3. The van der Waals surface area contributed by atoms with Crippen molar-refractivity contribution in [1.29, 1.82) is 0 Å². The molecule has 4 nitrogen and oxygen atoms in total. The molecular weight excluding hydrogens is 212 g/mol. The third-order valence-electron chi connectivity index (χ3n) is 3.76. The largest absolute Gasteiger partial charge is 0.330 e. The van der Waals surface area contributed by atoms with Crippen LogP contribution in [0.15, 0.2) is 0 Å². The molecule has 0 saturated carbocycles. The maximum Gasteiger partial charge on any atom is 0.0110 e. The topological polar surface area (TPSA) is 35.7 Å². The number of rotatable bonds is 7. The lowest BCUT2D eigenvalue weighted by atomic mass is 10.1. The number of likely N-dealkylation sites (N-methyl/N-ethyl adjacent to an activating group) is 1. The summed E-state index contributed by atoms with van der Waals surface area (Å²) in [6.45, 7) is 11.5. The molecule has 102 valence electrons. The van der Waals surface area contributed by atoms with E-state index in [0.29, 0.717) is 5.92 Å². The van der Waals surface area contributed by atoms with Gasteiger partial charge < -0.3 is 15.5 Å². The van der Waals surface area contributed by atoms with E-state index >= 15 is 0 Å². The Kier molecular flexibility index (Phi) is 7.04. The summed E-state index contributed by atoms with van der Waals surface area (Å²) in [6, 6.07) is 0. The molecule has 0 bridgehead atoms. The van der Waals surface area contributed by atoms with E-state index in [9.17, 15) is 0 Å². The van der Waals surface area contributed by atoms with Crippen LogP contribution in [0, 0.1) is 5.92 Å². The SMILES string of the molecule is CCC(CN)CN1CCN(CCN(C)C)CC1. The first-order chi connectivity index (χ1) is 8.15. The highest BCUT2D eigenvalue weighted by molar-refractivity contribution is 4.74. The van der Waals surface area contributed by atoms with Crippen LogP contribution in [-0.2, 0) is 0 Å². The first-order valence-corrected chi connectivity index (χ1v) is 6.95. The van der Waals surface area contributed by atoms with Gasteiger partial charge in [0.15, 0.2) is 0 Å². The van der Waals surface area contributed by atoms with Crippen LogP contribution in [0.25, 0.3) is 0 Å². The second-order valence-corrected chi connectivity index (χ2v) is 5.46. The van der Waals surface area contributed by atoms with Gasteiger partial charge in [0.2, 0.25) is 0 Å². The highest BCUT2D eigenvalue weighted by Gasteiger charge is 2.18. The minimum Gasteiger partial charge on any atom is -0.330 e. The molecule has 1 saturated heterocycles. The van der Waals surface area contributed by atoms with E-state index in [1.54, 1.807) is 0 Å². The van der Waals surface area contributed by atoms with Crippen LogP contribution in [-0.4, -0.2) is 81.2 Å². The van der Waals surface area contributed by atoms with E-state index in [2.05, 4.69) is 35.7 Å². The van der Waals surface area contributed by atoms with Crippen molar-refractivity contribution in [2.24, 2.45) is 11.7 Å². The molecule has 0 aromatic rings. The number of nitrogens with two attached hydrogens (primary N) is 1. The van der Waals surface area contributed by atoms with Crippen LogP contribution in [0.1, 0.15) is 13.3 Å². The molecule has 0 spiro atoms. The van der Waals surface area contributed by atoms with Crippen LogP contribution < -0.4 is 5.73 Å². The van der Waals surface area contributed by atoms with E-state index in [-0.39, 0.29) is 0 Å². The lowest BCUT2D eigenvalue weighted by Gasteiger charge is -2.36. The third kappa shape index (κ3) is 5.82. The Morgan fingerprint density at radius 3 is 2.18 bits per heavy atom. The van der Waals surface area contributed by atoms with Gasteiger partial charge in [-0.05, 0) is 26.6 Å². The van der Waals surface area contributed by atoms with Crippen molar-refractivity contribution < 1.29 is 0 Å². The summed E-state index contributed by atoms with van der Waals surface area (Å²) in [5, 5.41) is 0. The second-order valence-electron chi connectivity index (χ2n) is 5.46. The molecule has 1 rings (SSSR count). The highest BCUT2D eigenvalue weighted by atomic mass is 15.3. The van der Waals surface area contributed by atoms with E-state index in [0.717, 1.165) is 6.54 Å². The smallest absolute Gasteiger partial charge is 0.0110 e. The minimum absolute atomic E-state index is 0.684. The zero-order valence-electron chi connectivity index (χ0n) is 11.9. The Hall–Kier alpha value is -0.160. The first-order valence-electron chi connectivity index (χ1n) is 6.95. The molecule has 1 fully saturated rings. The molecule has 4 heteroatoms. The molecule has 0 aromatic heterocycles.